The van der Waals surface area contributed by atoms with Gasteiger partial charge in [-0.05, 0) is 6.92 Å². The second-order valence-electron chi connectivity index (χ2n) is 0.408. The van der Waals surface area contributed by atoms with E-state index >= 15 is 0 Å². The van der Waals surface area contributed by atoms with Crippen molar-refractivity contribution in [3.63, 3.8) is 0 Å². The van der Waals surface area contributed by atoms with Gasteiger partial charge in [-0.3, -0.25) is 0 Å². The third-order valence-corrected chi connectivity index (χ3v) is 0. The van der Waals surface area contributed by atoms with Crippen LogP contribution in [-0.2, 0) is 0 Å². The summed E-state index contributed by atoms with van der Waals surface area (Å²) in [5.41, 5.74) is 0. The van der Waals surface area contributed by atoms with Crippen molar-refractivity contribution in [1.29, 1.82) is 0 Å². The Morgan fingerprint density at radius 3 is 0.778 bits per heavy atom. The van der Waals surface area contributed by atoms with Crippen LogP contribution >= 0.6 is 0 Å². The number of rotatable bonds is 0. The zero-order chi connectivity index (χ0) is 8.71. The van der Waals surface area contributed by atoms with E-state index in [1.807, 2.05) is 48.5 Å². The monoisotopic (exact) mass is 132 g/mol. The second kappa shape index (κ2) is 642. The first-order valence-corrected chi connectivity index (χ1v) is 3.99. The predicted molar refractivity (Wildman–Crippen MR) is 49.9 cm³/mol. The van der Waals surface area contributed by atoms with Crippen molar-refractivity contribution in [1.82, 2.24) is 0 Å². The van der Waals surface area contributed by atoms with Crippen molar-refractivity contribution >= 4 is 0 Å². The van der Waals surface area contributed by atoms with Gasteiger partial charge in [0.15, 0.2) is 0 Å². The smallest absolute Gasteiger partial charge is 0.0473 e. The molecule has 0 saturated heterocycles. The van der Waals surface area contributed by atoms with Gasteiger partial charge in [-0.15, -0.1) is 6.58 Å². The van der Waals surface area contributed by atoms with E-state index in [4.69, 9.17) is 0 Å². The van der Waals surface area contributed by atoms with E-state index in [0.717, 1.165) is 0 Å². The molecule has 0 heteroatoms. The van der Waals surface area contributed by atoms with Gasteiger partial charge < -0.3 is 0 Å². The van der Waals surface area contributed by atoms with Gasteiger partial charge in [0.25, 0.3) is 0 Å². The Morgan fingerprint density at radius 2 is 0.778 bits per heavy atom. The van der Waals surface area contributed by atoms with E-state index in [1.54, 1.807) is 6.08 Å². The lowest BCUT2D eigenvalue weighted by Gasteiger charge is -1.31. The Kier molecular flexibility index (Phi) is 1660. The molecule has 0 radical (unpaired) electrons. The molecule has 0 unspecified atom stereocenters. The molecule has 0 heterocycles. The normalized spacial score (nSPS) is 3.44. The first-order valence-electron chi connectivity index (χ1n) is 3.99. The molecular formula is C9H24. The molecule has 0 aliphatic rings. The molecule has 0 aromatic rings. The third kappa shape index (κ3) is 3770. The van der Waals surface area contributed by atoms with Crippen LogP contribution in [-0.4, -0.2) is 0 Å². The lowest BCUT2D eigenvalue weighted by molar-refractivity contribution is 1.50. The largest absolute Gasteiger partial charge is 0.103 e. The van der Waals surface area contributed by atoms with Crippen LogP contribution in [0.3, 0.4) is 0 Å². The summed E-state index contributed by atoms with van der Waals surface area (Å²) in [5.74, 6) is 0. The molecule has 0 N–H and O–H groups in total. The van der Waals surface area contributed by atoms with Crippen LogP contribution in [0.2, 0.25) is 0 Å². The molecule has 0 fully saturated rings. The number of allylic oxidation sites excluding steroid dienone is 1. The van der Waals surface area contributed by atoms with E-state index in [1.165, 1.54) is 0 Å². The Hall–Kier alpha value is -0.260. The van der Waals surface area contributed by atoms with Gasteiger partial charge in [-0.2, -0.15) is 0 Å². The maximum Gasteiger partial charge on any atom is -0.0473 e. The highest BCUT2D eigenvalue weighted by Crippen LogP contribution is 1.38. The Balaban J connectivity index is -0.0000000190. The van der Waals surface area contributed by atoms with E-state index in [2.05, 4.69) is 6.58 Å². The van der Waals surface area contributed by atoms with Crippen molar-refractivity contribution < 1.29 is 0 Å². The minimum absolute atomic E-state index is 1.75. The lowest BCUT2D eigenvalue weighted by atomic mass is 10.8. The average molecular weight is 132 g/mol. The molecule has 0 aliphatic carbocycles. The highest BCUT2D eigenvalue weighted by Gasteiger charge is 1.15. The van der Waals surface area contributed by atoms with E-state index < -0.39 is 0 Å². The summed E-state index contributed by atoms with van der Waals surface area (Å²) in [6.07, 6.45) is 1.75. The molecule has 0 rings (SSSR count). The molecule has 0 nitrogen and oxygen atoms in total. The molecule has 0 bridgehead atoms. The number of hydrogen-bond acceptors (Lipinski definition) is 0. The molecule has 0 aromatic heterocycles. The fourth-order valence-electron chi connectivity index (χ4n) is 0. The lowest BCUT2D eigenvalue weighted by Crippen LogP contribution is -1.07. The second-order valence-corrected chi connectivity index (χ2v) is 0.408. The summed E-state index contributed by atoms with van der Waals surface area (Å²) in [7, 11) is 0. The summed E-state index contributed by atoms with van der Waals surface area (Å²) in [6, 6.07) is 0. The highest BCUT2D eigenvalue weighted by atomic mass is 13.2. The first kappa shape index (κ1) is 23.3. The van der Waals surface area contributed by atoms with Crippen molar-refractivity contribution in [3.05, 3.63) is 12.7 Å². The third-order valence-electron chi connectivity index (χ3n) is 0. The van der Waals surface area contributed by atoms with Crippen molar-refractivity contribution in [2.24, 2.45) is 0 Å². The minimum Gasteiger partial charge on any atom is -0.103 e. The van der Waals surface area contributed by atoms with Gasteiger partial charge in [0.05, 0.1) is 0 Å². The molecule has 9 heavy (non-hydrogen) atoms. The van der Waals surface area contributed by atoms with Gasteiger partial charge in [0, 0.05) is 0 Å². The molecule has 0 spiro atoms. The van der Waals surface area contributed by atoms with Crippen LogP contribution in [0.25, 0.3) is 0 Å². The molecule has 0 atom stereocenters. The quantitative estimate of drug-likeness (QED) is 0.432. The zero-order valence-electron chi connectivity index (χ0n) is 8.28. The van der Waals surface area contributed by atoms with Crippen LogP contribution in [0.1, 0.15) is 48.5 Å². The van der Waals surface area contributed by atoms with Crippen molar-refractivity contribution in [2.45, 2.75) is 48.5 Å². The maximum atomic E-state index is 3.36. The fraction of sp³-hybridized carbons (Fsp3) is 0.778. The molecule has 0 aliphatic heterocycles. The minimum atomic E-state index is 1.75. The fourth-order valence-corrected chi connectivity index (χ4v) is 0. The Bertz CT molecular complexity index is 7.51. The molecule has 0 saturated carbocycles. The summed E-state index contributed by atoms with van der Waals surface area (Å²) in [6.45, 7) is 17.2. The van der Waals surface area contributed by atoms with Crippen LogP contribution in [0.5, 0.6) is 0 Å². The van der Waals surface area contributed by atoms with Crippen LogP contribution in [0.15, 0.2) is 12.7 Å². The van der Waals surface area contributed by atoms with Gasteiger partial charge in [0.1, 0.15) is 0 Å². The summed E-state index contributed by atoms with van der Waals surface area (Å²) < 4.78 is 0. The maximum absolute atomic E-state index is 3.36. The van der Waals surface area contributed by atoms with Gasteiger partial charge in [-0.1, -0.05) is 47.6 Å². The standard InChI is InChI=1S/C3H6.3C2H6/c1-3-2;3*1-2/h3H,1H2,2H3;3*1-2H3. The van der Waals surface area contributed by atoms with Gasteiger partial charge >= 0.3 is 0 Å². The molecule has 0 aromatic carbocycles. The first-order chi connectivity index (χ1) is 4.41. The predicted octanol–water partition coefficient (Wildman–Crippen LogP) is 4.27. The Morgan fingerprint density at radius 1 is 0.778 bits per heavy atom. The molecule has 0 amide bonds. The van der Waals surface area contributed by atoms with Gasteiger partial charge in [-0.25, -0.2) is 0 Å². The Labute approximate surface area is 62.0 Å². The summed E-state index contributed by atoms with van der Waals surface area (Å²) >= 11 is 0. The zero-order valence-corrected chi connectivity index (χ0v) is 8.28. The summed E-state index contributed by atoms with van der Waals surface area (Å²) in [4.78, 5) is 0. The highest BCUT2D eigenvalue weighted by molar-refractivity contribution is 4.51. The number of hydrogen-bond donors (Lipinski definition) is 0. The van der Waals surface area contributed by atoms with Crippen molar-refractivity contribution in [3.8, 4) is 0 Å². The summed E-state index contributed by atoms with van der Waals surface area (Å²) in [5, 5.41) is 0. The molecular weight excluding hydrogens is 108 g/mol. The van der Waals surface area contributed by atoms with E-state index in [0.29, 0.717) is 0 Å². The van der Waals surface area contributed by atoms with E-state index in [9.17, 15) is 0 Å². The topological polar surface area (TPSA) is 0 Å². The van der Waals surface area contributed by atoms with Crippen LogP contribution < -0.4 is 0 Å². The van der Waals surface area contributed by atoms with E-state index in [-0.39, 0.29) is 0 Å². The van der Waals surface area contributed by atoms with Crippen molar-refractivity contribution in [2.75, 3.05) is 0 Å². The van der Waals surface area contributed by atoms with Crippen LogP contribution in [0.4, 0.5) is 0 Å². The average Bonchev–Trinajstić information content (AvgIpc) is 2.01. The van der Waals surface area contributed by atoms with Crippen LogP contribution in [0, 0.1) is 0 Å². The SMILES string of the molecule is C=CC.CC.CC.CC. The molecule has 60 valence electrons. The van der Waals surface area contributed by atoms with Gasteiger partial charge in [0.2, 0.25) is 0 Å².